The van der Waals surface area contributed by atoms with Crippen LogP contribution >= 0.6 is 0 Å². The second-order valence-corrected chi connectivity index (χ2v) is 7.12. The molecule has 0 aliphatic rings. The number of hydrogen-bond acceptors (Lipinski definition) is 5. The van der Waals surface area contributed by atoms with Gasteiger partial charge in [-0.25, -0.2) is 14.8 Å². The van der Waals surface area contributed by atoms with Gasteiger partial charge in [-0.3, -0.25) is 5.32 Å². The maximum Gasteiger partial charge on any atom is 0.411 e. The number of hydrogen-bond donors (Lipinski definition) is 2. The number of aromatic nitrogens is 3. The molecular formula is C17H18N4O3S. The van der Waals surface area contributed by atoms with Gasteiger partial charge in [0, 0.05) is 11.6 Å². The Hall–Kier alpha value is -2.58. The predicted molar refractivity (Wildman–Crippen MR) is 96.9 cm³/mol. The molecular weight excluding hydrogens is 340 g/mol. The molecule has 3 aromatic rings. The van der Waals surface area contributed by atoms with Crippen LogP contribution in [0.25, 0.3) is 22.6 Å². The fourth-order valence-corrected chi connectivity index (χ4v) is 2.85. The van der Waals surface area contributed by atoms with Crippen molar-refractivity contribution < 1.29 is 14.1 Å². The number of nitrogens with zero attached hydrogens (tertiary/aromatic N) is 2. The quantitative estimate of drug-likeness (QED) is 0.696. The molecule has 1 unspecified atom stereocenters. The molecule has 2 heterocycles. The van der Waals surface area contributed by atoms with E-state index >= 15 is 0 Å². The lowest BCUT2D eigenvalue weighted by atomic mass is 10.2. The number of anilines is 1. The van der Waals surface area contributed by atoms with Gasteiger partial charge in [-0.05, 0) is 37.2 Å². The average molecular weight is 358 g/mol. The van der Waals surface area contributed by atoms with E-state index in [1.54, 1.807) is 26.2 Å². The number of ether oxygens (including phenoxy) is 1. The van der Waals surface area contributed by atoms with Crippen LogP contribution in [0.2, 0.25) is 0 Å². The first kappa shape index (κ1) is 17.2. The minimum atomic E-state index is -1.06. The monoisotopic (exact) mass is 358 g/mol. The zero-order valence-electron chi connectivity index (χ0n) is 14.1. The molecule has 1 amide bonds. The van der Waals surface area contributed by atoms with E-state index < -0.39 is 17.3 Å². The number of amides is 1. The minimum Gasteiger partial charge on any atom is -0.612 e. The van der Waals surface area contributed by atoms with Crippen molar-refractivity contribution in [1.29, 1.82) is 0 Å². The molecule has 0 fully saturated rings. The summed E-state index contributed by atoms with van der Waals surface area (Å²) in [6, 6.07) is 9.07. The summed E-state index contributed by atoms with van der Waals surface area (Å²) in [4.78, 5) is 24.3. The van der Waals surface area contributed by atoms with Gasteiger partial charge in [0.2, 0.25) is 0 Å². The third kappa shape index (κ3) is 4.09. The van der Waals surface area contributed by atoms with E-state index in [4.69, 9.17) is 4.74 Å². The van der Waals surface area contributed by atoms with Gasteiger partial charge in [-0.1, -0.05) is 12.1 Å². The number of rotatable bonds is 4. The topological polar surface area (TPSA) is 103 Å². The van der Waals surface area contributed by atoms with E-state index in [0.29, 0.717) is 22.7 Å². The second kappa shape index (κ2) is 7.12. The largest absolute Gasteiger partial charge is 0.612 e. The number of aromatic amines is 1. The standard InChI is InChI=1S/C17H18N4O3S/c1-10(2)24-17(22)19-12-8-14-16(18-9-12)21-15(20-14)11-5-4-6-13(7-11)25(3)23/h4-10H,1-3H3,(H,19,22)(H,18,20,21). The number of carbonyl (C=O) groups is 1. The van der Waals surface area contributed by atoms with Crippen molar-refractivity contribution >= 4 is 34.1 Å². The number of H-pyrrole nitrogens is 1. The summed E-state index contributed by atoms with van der Waals surface area (Å²) in [5.74, 6) is 0.622. The van der Waals surface area contributed by atoms with Crippen molar-refractivity contribution in [3.8, 4) is 11.4 Å². The van der Waals surface area contributed by atoms with Crippen LogP contribution in [0.5, 0.6) is 0 Å². The summed E-state index contributed by atoms with van der Waals surface area (Å²) < 4.78 is 16.7. The Morgan fingerprint density at radius 3 is 2.88 bits per heavy atom. The first-order chi connectivity index (χ1) is 11.9. The summed E-state index contributed by atoms with van der Waals surface area (Å²) in [7, 11) is 0. The predicted octanol–water partition coefficient (Wildman–Crippen LogP) is 3.32. The molecule has 0 aliphatic heterocycles. The molecule has 1 atom stereocenters. The Bertz CT molecular complexity index is 908. The maximum absolute atomic E-state index is 11.7. The molecule has 0 saturated carbocycles. The van der Waals surface area contributed by atoms with E-state index in [2.05, 4.69) is 20.3 Å². The number of pyridine rings is 1. The van der Waals surface area contributed by atoms with Crippen molar-refractivity contribution in [2.45, 2.75) is 24.8 Å². The summed E-state index contributed by atoms with van der Waals surface area (Å²) in [5, 5.41) is 2.62. The van der Waals surface area contributed by atoms with Crippen LogP contribution in [0.4, 0.5) is 10.5 Å². The Morgan fingerprint density at radius 1 is 1.36 bits per heavy atom. The van der Waals surface area contributed by atoms with E-state index in [0.717, 1.165) is 10.5 Å². The smallest absolute Gasteiger partial charge is 0.411 e. The molecule has 130 valence electrons. The second-order valence-electron chi connectivity index (χ2n) is 5.74. The van der Waals surface area contributed by atoms with Gasteiger partial charge in [0.1, 0.15) is 17.6 Å². The molecule has 2 aromatic heterocycles. The number of fused-ring (bicyclic) bond motifs is 1. The number of nitrogens with one attached hydrogen (secondary N) is 2. The summed E-state index contributed by atoms with van der Waals surface area (Å²) in [6.07, 6.45) is 2.42. The van der Waals surface area contributed by atoms with Crippen LogP contribution in [0.1, 0.15) is 13.8 Å². The van der Waals surface area contributed by atoms with E-state index in [9.17, 15) is 9.35 Å². The van der Waals surface area contributed by atoms with E-state index in [1.807, 2.05) is 24.3 Å². The Morgan fingerprint density at radius 2 is 2.16 bits per heavy atom. The van der Waals surface area contributed by atoms with Crippen molar-refractivity contribution in [1.82, 2.24) is 15.0 Å². The summed E-state index contributed by atoms with van der Waals surface area (Å²) in [6.45, 7) is 3.55. The van der Waals surface area contributed by atoms with Gasteiger partial charge < -0.3 is 14.3 Å². The maximum atomic E-state index is 11.7. The molecule has 3 rings (SSSR count). The highest BCUT2D eigenvalue weighted by Gasteiger charge is 2.12. The first-order valence-corrected chi connectivity index (χ1v) is 9.25. The zero-order valence-corrected chi connectivity index (χ0v) is 14.9. The minimum absolute atomic E-state index is 0.204. The van der Waals surface area contributed by atoms with Crippen LogP contribution in [-0.2, 0) is 15.9 Å². The lowest BCUT2D eigenvalue weighted by Crippen LogP contribution is -2.18. The van der Waals surface area contributed by atoms with Gasteiger partial charge >= 0.3 is 6.09 Å². The molecule has 0 radical (unpaired) electrons. The lowest BCUT2D eigenvalue weighted by molar-refractivity contribution is 0.130. The molecule has 2 N–H and O–H groups in total. The SMILES string of the molecule is CC(C)OC(=O)Nc1cnc2[nH]c(-c3cccc([S+](C)[O-])c3)nc2c1. The number of carbonyl (C=O) groups excluding carboxylic acids is 1. The third-order valence-electron chi connectivity index (χ3n) is 3.37. The molecule has 7 nitrogen and oxygen atoms in total. The van der Waals surface area contributed by atoms with Crippen LogP contribution in [0.3, 0.4) is 0 Å². The highest BCUT2D eigenvalue weighted by molar-refractivity contribution is 7.90. The molecule has 0 saturated heterocycles. The molecule has 8 heteroatoms. The van der Waals surface area contributed by atoms with Crippen LogP contribution in [0.15, 0.2) is 41.4 Å². The normalized spacial score (nSPS) is 12.4. The Kier molecular flexibility index (Phi) is 4.91. The Labute approximate surface area is 148 Å². The van der Waals surface area contributed by atoms with Crippen LogP contribution < -0.4 is 5.32 Å². The zero-order chi connectivity index (χ0) is 18.0. The Balaban J connectivity index is 1.88. The van der Waals surface area contributed by atoms with Crippen LogP contribution in [0, 0.1) is 0 Å². The first-order valence-electron chi connectivity index (χ1n) is 7.69. The molecule has 0 aliphatic carbocycles. The van der Waals surface area contributed by atoms with Gasteiger partial charge in [0.05, 0.1) is 18.0 Å². The third-order valence-corrected chi connectivity index (χ3v) is 4.28. The average Bonchev–Trinajstić information content (AvgIpc) is 2.97. The van der Waals surface area contributed by atoms with Gasteiger partial charge in [-0.15, -0.1) is 0 Å². The number of imidazole rings is 1. The van der Waals surface area contributed by atoms with Gasteiger partial charge in [0.25, 0.3) is 0 Å². The summed E-state index contributed by atoms with van der Waals surface area (Å²) in [5.41, 5.74) is 2.53. The molecule has 0 spiro atoms. The lowest BCUT2D eigenvalue weighted by Gasteiger charge is -2.08. The van der Waals surface area contributed by atoms with Crippen molar-refractivity contribution in [2.24, 2.45) is 0 Å². The van der Waals surface area contributed by atoms with Crippen molar-refractivity contribution in [2.75, 3.05) is 11.6 Å². The molecule has 0 bridgehead atoms. The molecule has 1 aromatic carbocycles. The highest BCUT2D eigenvalue weighted by atomic mass is 32.2. The summed E-state index contributed by atoms with van der Waals surface area (Å²) >= 11 is -1.06. The van der Waals surface area contributed by atoms with Gasteiger partial charge in [-0.2, -0.15) is 0 Å². The van der Waals surface area contributed by atoms with Crippen molar-refractivity contribution in [3.05, 3.63) is 36.5 Å². The van der Waals surface area contributed by atoms with Gasteiger partial charge in [0.15, 0.2) is 10.5 Å². The van der Waals surface area contributed by atoms with E-state index in [1.165, 1.54) is 6.20 Å². The highest BCUT2D eigenvalue weighted by Crippen LogP contribution is 2.23. The number of benzene rings is 1. The van der Waals surface area contributed by atoms with E-state index in [-0.39, 0.29) is 6.10 Å². The fraction of sp³-hybridized carbons (Fsp3) is 0.235. The van der Waals surface area contributed by atoms with Crippen LogP contribution in [-0.4, -0.2) is 38.0 Å². The molecule has 25 heavy (non-hydrogen) atoms. The fourth-order valence-electron chi connectivity index (χ4n) is 2.28. The van der Waals surface area contributed by atoms with Crippen molar-refractivity contribution in [3.63, 3.8) is 0 Å².